The van der Waals surface area contributed by atoms with Crippen LogP contribution >= 0.6 is 0 Å². The van der Waals surface area contributed by atoms with Gasteiger partial charge in [0.1, 0.15) is 0 Å². The molecule has 5 nitrogen and oxygen atoms in total. The lowest BCUT2D eigenvalue weighted by atomic mass is 10.5. The first-order valence-corrected chi connectivity index (χ1v) is 2.91. The Hall–Kier alpha value is -1.78. The predicted octanol–water partition coefficient (Wildman–Crippen LogP) is 1.24. The molecule has 0 spiro atoms. The van der Waals surface area contributed by atoms with Crippen LogP contribution in [-0.2, 0) is 0 Å². The lowest BCUT2D eigenvalue weighted by Gasteiger charge is -1.85. The van der Waals surface area contributed by atoms with Crippen molar-refractivity contribution in [3.63, 3.8) is 0 Å². The summed E-state index contributed by atoms with van der Waals surface area (Å²) in [5.41, 5.74) is 4.71. The Bertz CT molecular complexity index is 269. The molecule has 0 saturated carbocycles. The quantitative estimate of drug-likeness (QED) is 0.611. The molecule has 0 saturated heterocycles. The molecule has 11 heavy (non-hydrogen) atoms. The molecular weight excluding hydrogens is 144 g/mol. The average Bonchev–Trinajstić information content (AvgIpc) is 2.03. The first kappa shape index (κ1) is 7.33. The number of aromatic nitrogens is 1. The molecule has 0 radical (unpaired) electrons. The first-order valence-electron chi connectivity index (χ1n) is 2.91. The van der Waals surface area contributed by atoms with Gasteiger partial charge in [-0.15, -0.1) is 5.11 Å². The fraction of sp³-hybridized carbons (Fsp3) is 0. The number of azo groups is 1. The van der Waals surface area contributed by atoms with E-state index in [1.54, 1.807) is 24.4 Å². The number of primary amides is 1. The van der Waals surface area contributed by atoms with Crippen LogP contribution in [0.3, 0.4) is 0 Å². The zero-order chi connectivity index (χ0) is 8.10. The van der Waals surface area contributed by atoms with E-state index in [1.165, 1.54) is 0 Å². The van der Waals surface area contributed by atoms with Crippen LogP contribution in [0.4, 0.5) is 10.6 Å². The molecule has 0 aromatic carbocycles. The van der Waals surface area contributed by atoms with E-state index in [1.807, 2.05) is 0 Å². The lowest BCUT2D eigenvalue weighted by molar-refractivity contribution is 0.255. The molecule has 0 atom stereocenters. The summed E-state index contributed by atoms with van der Waals surface area (Å²) in [6.07, 6.45) is 1.55. The molecule has 2 amide bonds. The molecule has 1 aromatic rings. The van der Waals surface area contributed by atoms with E-state index in [0.29, 0.717) is 5.82 Å². The van der Waals surface area contributed by atoms with Gasteiger partial charge in [0.2, 0.25) is 0 Å². The van der Waals surface area contributed by atoms with Gasteiger partial charge in [0.05, 0.1) is 0 Å². The monoisotopic (exact) mass is 150 g/mol. The number of amides is 2. The number of carbonyl (C=O) groups excluding carboxylic acids is 1. The summed E-state index contributed by atoms with van der Waals surface area (Å²) in [4.78, 5) is 13.9. The molecule has 0 aliphatic heterocycles. The highest BCUT2D eigenvalue weighted by Crippen LogP contribution is 2.04. The zero-order valence-electron chi connectivity index (χ0n) is 5.64. The van der Waals surface area contributed by atoms with Crippen LogP contribution in [0.25, 0.3) is 0 Å². The van der Waals surface area contributed by atoms with Crippen molar-refractivity contribution >= 4 is 11.8 Å². The van der Waals surface area contributed by atoms with E-state index >= 15 is 0 Å². The summed E-state index contributed by atoms with van der Waals surface area (Å²) in [6.45, 7) is 0. The van der Waals surface area contributed by atoms with Crippen molar-refractivity contribution in [3.05, 3.63) is 24.4 Å². The van der Waals surface area contributed by atoms with E-state index in [4.69, 9.17) is 5.73 Å². The first-order chi connectivity index (χ1) is 5.29. The summed E-state index contributed by atoms with van der Waals surface area (Å²) in [6, 6.07) is 4.27. The SMILES string of the molecule is NC(=O)N=Nc1ccccn1. The molecule has 1 heterocycles. The maximum absolute atomic E-state index is 10.1. The van der Waals surface area contributed by atoms with Gasteiger partial charge in [0.15, 0.2) is 5.82 Å². The minimum absolute atomic E-state index is 0.367. The highest BCUT2D eigenvalue weighted by Gasteiger charge is 1.87. The Morgan fingerprint density at radius 3 is 2.91 bits per heavy atom. The molecule has 0 aliphatic rings. The highest BCUT2D eigenvalue weighted by atomic mass is 16.2. The topological polar surface area (TPSA) is 80.7 Å². The number of carbonyl (C=O) groups is 1. The van der Waals surface area contributed by atoms with E-state index in [9.17, 15) is 4.79 Å². The van der Waals surface area contributed by atoms with Gasteiger partial charge in [-0.1, -0.05) is 11.2 Å². The lowest BCUT2D eigenvalue weighted by Crippen LogP contribution is -2.01. The molecule has 56 valence electrons. The van der Waals surface area contributed by atoms with Crippen molar-refractivity contribution in [3.8, 4) is 0 Å². The van der Waals surface area contributed by atoms with Crippen LogP contribution in [0.15, 0.2) is 34.6 Å². The maximum Gasteiger partial charge on any atom is 0.357 e. The summed E-state index contributed by atoms with van der Waals surface area (Å²) < 4.78 is 0. The van der Waals surface area contributed by atoms with E-state index in [-0.39, 0.29) is 0 Å². The molecule has 0 fully saturated rings. The Morgan fingerprint density at radius 2 is 2.36 bits per heavy atom. The van der Waals surface area contributed by atoms with E-state index < -0.39 is 6.03 Å². The molecule has 0 bridgehead atoms. The number of hydrogen-bond acceptors (Lipinski definition) is 3. The third-order valence-electron chi connectivity index (χ3n) is 0.900. The fourth-order valence-corrected chi connectivity index (χ4v) is 0.513. The van der Waals surface area contributed by atoms with Gasteiger partial charge in [-0.05, 0) is 12.1 Å². The molecule has 5 heteroatoms. The second-order valence-electron chi connectivity index (χ2n) is 1.73. The van der Waals surface area contributed by atoms with E-state index in [2.05, 4.69) is 15.2 Å². The standard InChI is InChI=1S/C6H6N4O/c7-6(11)10-9-5-3-1-2-4-8-5/h1-4H,(H2,7,11). The molecular formula is C6H6N4O. The summed E-state index contributed by atoms with van der Waals surface area (Å²) in [5, 5.41) is 6.54. The van der Waals surface area contributed by atoms with Crippen molar-refractivity contribution in [1.82, 2.24) is 4.98 Å². The van der Waals surface area contributed by atoms with Crippen molar-refractivity contribution < 1.29 is 4.79 Å². The third kappa shape index (κ3) is 2.53. The van der Waals surface area contributed by atoms with Gasteiger partial charge in [-0.2, -0.15) is 0 Å². The Morgan fingerprint density at radius 1 is 1.55 bits per heavy atom. The minimum Gasteiger partial charge on any atom is -0.348 e. The van der Waals surface area contributed by atoms with Crippen molar-refractivity contribution in [2.45, 2.75) is 0 Å². The molecule has 0 aliphatic carbocycles. The van der Waals surface area contributed by atoms with Gasteiger partial charge in [0, 0.05) is 6.20 Å². The molecule has 2 N–H and O–H groups in total. The fourth-order valence-electron chi connectivity index (χ4n) is 0.513. The number of hydrogen-bond donors (Lipinski definition) is 1. The van der Waals surface area contributed by atoms with Gasteiger partial charge >= 0.3 is 6.03 Å². The van der Waals surface area contributed by atoms with E-state index in [0.717, 1.165) is 0 Å². The summed E-state index contributed by atoms with van der Waals surface area (Å²) in [7, 11) is 0. The smallest absolute Gasteiger partial charge is 0.348 e. The number of urea groups is 1. The number of pyridine rings is 1. The third-order valence-corrected chi connectivity index (χ3v) is 0.900. The average molecular weight is 150 g/mol. The number of rotatable bonds is 1. The Labute approximate surface area is 63.0 Å². The Balaban J connectivity index is 2.72. The largest absolute Gasteiger partial charge is 0.357 e. The number of nitrogens with two attached hydrogens (primary N) is 1. The van der Waals surface area contributed by atoms with Gasteiger partial charge in [0.25, 0.3) is 0 Å². The van der Waals surface area contributed by atoms with Crippen LogP contribution in [0.5, 0.6) is 0 Å². The normalized spacial score (nSPS) is 10.2. The Kier molecular flexibility index (Phi) is 2.27. The van der Waals surface area contributed by atoms with Crippen LogP contribution < -0.4 is 5.73 Å². The molecule has 0 unspecified atom stereocenters. The summed E-state index contributed by atoms with van der Waals surface area (Å²) in [5.74, 6) is 0.367. The van der Waals surface area contributed by atoms with Crippen molar-refractivity contribution in [1.29, 1.82) is 0 Å². The van der Waals surface area contributed by atoms with Crippen molar-refractivity contribution in [2.24, 2.45) is 16.0 Å². The van der Waals surface area contributed by atoms with Gasteiger partial charge in [-0.3, -0.25) is 0 Å². The predicted molar refractivity (Wildman–Crippen MR) is 38.3 cm³/mol. The number of nitrogens with zero attached hydrogens (tertiary/aromatic N) is 3. The summed E-state index contributed by atoms with van der Waals surface area (Å²) >= 11 is 0. The molecule has 1 rings (SSSR count). The van der Waals surface area contributed by atoms with Gasteiger partial charge in [-0.25, -0.2) is 9.78 Å². The van der Waals surface area contributed by atoms with Crippen LogP contribution in [0.1, 0.15) is 0 Å². The maximum atomic E-state index is 10.1. The van der Waals surface area contributed by atoms with Gasteiger partial charge < -0.3 is 5.73 Å². The minimum atomic E-state index is -0.823. The van der Waals surface area contributed by atoms with Crippen LogP contribution in [0.2, 0.25) is 0 Å². The second kappa shape index (κ2) is 3.40. The van der Waals surface area contributed by atoms with Crippen molar-refractivity contribution in [2.75, 3.05) is 0 Å². The van der Waals surface area contributed by atoms with Crippen LogP contribution in [0, 0.1) is 0 Å². The second-order valence-corrected chi connectivity index (χ2v) is 1.73. The zero-order valence-corrected chi connectivity index (χ0v) is 5.64. The molecule has 1 aromatic heterocycles. The van der Waals surface area contributed by atoms with Crippen LogP contribution in [-0.4, -0.2) is 11.0 Å². The highest BCUT2D eigenvalue weighted by molar-refractivity contribution is 5.72.